The molecule has 1 aliphatic heterocycles. The quantitative estimate of drug-likeness (QED) is 0.681. The lowest BCUT2D eigenvalue weighted by atomic mass is 10.1. The molecule has 0 N–H and O–H groups in total. The van der Waals surface area contributed by atoms with Crippen LogP contribution in [0.1, 0.15) is 24.4 Å². The van der Waals surface area contributed by atoms with Gasteiger partial charge >= 0.3 is 0 Å². The maximum atomic E-state index is 13.5. The maximum absolute atomic E-state index is 13.5. The lowest BCUT2D eigenvalue weighted by Gasteiger charge is -2.26. The van der Waals surface area contributed by atoms with Crippen LogP contribution in [-0.4, -0.2) is 26.1 Å². The molecular weight excluding hydrogens is 305 g/mol. The normalized spacial score (nSPS) is 18.3. The summed E-state index contributed by atoms with van der Waals surface area (Å²) in [5, 5.41) is 4.49. The summed E-state index contributed by atoms with van der Waals surface area (Å²) in [7, 11) is 0. The van der Waals surface area contributed by atoms with Crippen LogP contribution in [0.5, 0.6) is 0 Å². The third-order valence-electron chi connectivity index (χ3n) is 3.98. The molecular formula is C15H13ClFN5. The predicted molar refractivity (Wildman–Crippen MR) is 81.5 cm³/mol. The maximum Gasteiger partial charge on any atom is 0.157 e. The molecule has 0 amide bonds. The lowest BCUT2D eigenvalue weighted by molar-refractivity contribution is 0.610. The van der Waals surface area contributed by atoms with E-state index < -0.39 is 0 Å². The van der Waals surface area contributed by atoms with Crippen molar-refractivity contribution < 1.29 is 4.39 Å². The van der Waals surface area contributed by atoms with Crippen molar-refractivity contribution in [2.75, 3.05) is 11.4 Å². The fourth-order valence-electron chi connectivity index (χ4n) is 3.00. The molecule has 3 aromatic heterocycles. The van der Waals surface area contributed by atoms with E-state index in [1.165, 1.54) is 6.07 Å². The Bertz CT molecular complexity index is 834. The molecule has 4 rings (SSSR count). The Hall–Kier alpha value is -2.21. The van der Waals surface area contributed by atoms with Gasteiger partial charge in [-0.3, -0.25) is 0 Å². The summed E-state index contributed by atoms with van der Waals surface area (Å²) in [6.07, 6.45) is 6.63. The zero-order valence-electron chi connectivity index (χ0n) is 11.7. The molecule has 0 radical (unpaired) electrons. The summed E-state index contributed by atoms with van der Waals surface area (Å²) in [6, 6.07) is 5.23. The van der Waals surface area contributed by atoms with Gasteiger partial charge in [0.25, 0.3) is 0 Å². The number of pyridine rings is 1. The minimum atomic E-state index is -0.370. The van der Waals surface area contributed by atoms with Crippen molar-refractivity contribution in [3.63, 3.8) is 0 Å². The molecule has 1 aliphatic rings. The number of anilines is 1. The van der Waals surface area contributed by atoms with Crippen LogP contribution in [0.4, 0.5) is 10.2 Å². The van der Waals surface area contributed by atoms with Gasteiger partial charge in [-0.05, 0) is 25.0 Å². The van der Waals surface area contributed by atoms with E-state index in [1.807, 2.05) is 18.3 Å². The Labute approximate surface area is 131 Å². The first-order valence-corrected chi connectivity index (χ1v) is 7.48. The van der Waals surface area contributed by atoms with Gasteiger partial charge in [0.2, 0.25) is 0 Å². The van der Waals surface area contributed by atoms with Gasteiger partial charge in [0, 0.05) is 24.4 Å². The first-order valence-electron chi connectivity index (χ1n) is 7.10. The summed E-state index contributed by atoms with van der Waals surface area (Å²) in [4.78, 5) is 10.7. The first-order chi connectivity index (χ1) is 10.7. The smallest absolute Gasteiger partial charge is 0.157 e. The van der Waals surface area contributed by atoms with E-state index in [0.717, 1.165) is 37.0 Å². The highest BCUT2D eigenvalue weighted by atomic mass is 35.5. The molecule has 3 aromatic rings. The molecule has 0 unspecified atom stereocenters. The van der Waals surface area contributed by atoms with E-state index >= 15 is 0 Å². The van der Waals surface area contributed by atoms with Crippen molar-refractivity contribution in [1.82, 2.24) is 19.6 Å². The van der Waals surface area contributed by atoms with Gasteiger partial charge < -0.3 is 4.90 Å². The largest absolute Gasteiger partial charge is 0.349 e. The van der Waals surface area contributed by atoms with Crippen LogP contribution in [0, 0.1) is 5.82 Å². The van der Waals surface area contributed by atoms with E-state index in [-0.39, 0.29) is 11.9 Å². The number of halogens is 2. The van der Waals surface area contributed by atoms with Crippen LogP contribution in [0.2, 0.25) is 5.15 Å². The molecule has 1 atom stereocenters. The summed E-state index contributed by atoms with van der Waals surface area (Å²) in [6.45, 7) is 0.856. The zero-order chi connectivity index (χ0) is 15.1. The molecule has 0 aliphatic carbocycles. The van der Waals surface area contributed by atoms with E-state index in [4.69, 9.17) is 11.6 Å². The lowest BCUT2D eigenvalue weighted by Crippen LogP contribution is -2.24. The summed E-state index contributed by atoms with van der Waals surface area (Å²) in [5.41, 5.74) is 1.50. The molecule has 22 heavy (non-hydrogen) atoms. The molecule has 5 nitrogen and oxygen atoms in total. The van der Waals surface area contributed by atoms with Gasteiger partial charge in [-0.15, -0.1) is 0 Å². The third-order valence-corrected chi connectivity index (χ3v) is 4.30. The van der Waals surface area contributed by atoms with E-state index in [0.29, 0.717) is 10.7 Å². The molecule has 0 spiro atoms. The monoisotopic (exact) mass is 317 g/mol. The predicted octanol–water partition coefficient (Wildman–Crippen LogP) is 3.26. The van der Waals surface area contributed by atoms with Crippen molar-refractivity contribution in [1.29, 1.82) is 0 Å². The van der Waals surface area contributed by atoms with Crippen molar-refractivity contribution in [3.05, 3.63) is 53.3 Å². The van der Waals surface area contributed by atoms with Crippen molar-refractivity contribution >= 4 is 23.1 Å². The number of rotatable bonds is 2. The molecule has 4 heterocycles. The molecule has 112 valence electrons. The molecule has 0 bridgehead atoms. The number of hydrogen-bond acceptors (Lipinski definition) is 4. The van der Waals surface area contributed by atoms with Gasteiger partial charge in [-0.2, -0.15) is 5.10 Å². The van der Waals surface area contributed by atoms with Crippen LogP contribution in [0.3, 0.4) is 0 Å². The topological polar surface area (TPSA) is 46.3 Å². The highest BCUT2D eigenvalue weighted by Gasteiger charge is 2.29. The molecule has 0 saturated carbocycles. The Morgan fingerprint density at radius 1 is 1.32 bits per heavy atom. The summed E-state index contributed by atoms with van der Waals surface area (Å²) < 4.78 is 15.2. The standard InChI is InChI=1S/C15H13ClFN5/c16-15-11(8-10(17)9-18-15)12-2-1-6-21(12)13-4-7-22-14(20-13)3-5-19-22/h3-5,7-9,12H,1-2,6H2/t12-/m1/s1. The van der Waals surface area contributed by atoms with Crippen LogP contribution in [0.15, 0.2) is 36.8 Å². The fourth-order valence-corrected chi connectivity index (χ4v) is 3.23. The minimum absolute atomic E-state index is 0.00595. The summed E-state index contributed by atoms with van der Waals surface area (Å²) >= 11 is 6.17. The Kier molecular flexibility index (Phi) is 3.18. The zero-order valence-corrected chi connectivity index (χ0v) is 12.4. The van der Waals surface area contributed by atoms with Gasteiger partial charge in [-0.25, -0.2) is 18.9 Å². The number of aromatic nitrogens is 4. The van der Waals surface area contributed by atoms with Crippen LogP contribution < -0.4 is 4.90 Å². The van der Waals surface area contributed by atoms with Crippen molar-refractivity contribution in [2.45, 2.75) is 18.9 Å². The van der Waals surface area contributed by atoms with Crippen LogP contribution >= 0.6 is 11.6 Å². The second kappa shape index (κ2) is 5.21. The van der Waals surface area contributed by atoms with E-state index in [2.05, 4.69) is 20.0 Å². The average Bonchev–Trinajstić information content (AvgIpc) is 3.17. The fraction of sp³-hybridized carbons (Fsp3) is 0.267. The third kappa shape index (κ3) is 2.20. The molecule has 1 fully saturated rings. The van der Waals surface area contributed by atoms with Gasteiger partial charge in [0.05, 0.1) is 18.4 Å². The highest BCUT2D eigenvalue weighted by Crippen LogP contribution is 2.37. The van der Waals surface area contributed by atoms with Crippen molar-refractivity contribution in [2.24, 2.45) is 0 Å². The second-order valence-electron chi connectivity index (χ2n) is 5.30. The first kappa shape index (κ1) is 13.5. The summed E-state index contributed by atoms with van der Waals surface area (Å²) in [5.74, 6) is 0.473. The molecule has 7 heteroatoms. The average molecular weight is 318 g/mol. The number of nitrogens with zero attached hydrogens (tertiary/aromatic N) is 5. The number of fused-ring (bicyclic) bond motifs is 1. The van der Waals surface area contributed by atoms with Crippen LogP contribution in [0.25, 0.3) is 5.65 Å². The van der Waals surface area contributed by atoms with Crippen LogP contribution in [-0.2, 0) is 0 Å². The Morgan fingerprint density at radius 2 is 2.23 bits per heavy atom. The van der Waals surface area contributed by atoms with E-state index in [9.17, 15) is 4.39 Å². The Balaban J connectivity index is 1.75. The molecule has 0 aromatic carbocycles. The van der Waals surface area contributed by atoms with E-state index in [1.54, 1.807) is 10.7 Å². The molecule has 1 saturated heterocycles. The Morgan fingerprint density at radius 3 is 3.14 bits per heavy atom. The van der Waals surface area contributed by atoms with Gasteiger partial charge in [-0.1, -0.05) is 11.6 Å². The minimum Gasteiger partial charge on any atom is -0.349 e. The second-order valence-corrected chi connectivity index (χ2v) is 5.66. The van der Waals surface area contributed by atoms with Gasteiger partial charge in [0.15, 0.2) is 5.65 Å². The highest BCUT2D eigenvalue weighted by molar-refractivity contribution is 6.30. The van der Waals surface area contributed by atoms with Gasteiger partial charge in [0.1, 0.15) is 16.8 Å². The number of hydrogen-bond donors (Lipinski definition) is 0. The SMILES string of the molecule is Fc1cnc(Cl)c([C@H]2CCCN2c2ccn3nccc3n2)c1. The van der Waals surface area contributed by atoms with Crippen molar-refractivity contribution in [3.8, 4) is 0 Å².